The summed E-state index contributed by atoms with van der Waals surface area (Å²) in [6, 6.07) is 0. The topological polar surface area (TPSA) is 57.3 Å². The van der Waals surface area contributed by atoms with E-state index in [4.69, 9.17) is 4.76 Å². The van der Waals surface area contributed by atoms with Gasteiger partial charge in [-0.3, -0.25) is 0 Å². The van der Waals surface area contributed by atoms with E-state index < -0.39 is 0 Å². The summed E-state index contributed by atoms with van der Waals surface area (Å²) in [6.07, 6.45) is 0. The van der Waals surface area contributed by atoms with E-state index >= 15 is 0 Å². The fraction of sp³-hybridized carbons (Fsp3) is 0. The number of halogens is 1. The van der Waals surface area contributed by atoms with Crippen molar-refractivity contribution in [2.75, 3.05) is 0 Å². The molecule has 0 aromatic carbocycles. The van der Waals surface area contributed by atoms with E-state index in [0.29, 0.717) is 0 Å². The van der Waals surface area contributed by atoms with Crippen molar-refractivity contribution in [1.82, 2.24) is 0 Å². The Morgan fingerprint density at radius 3 is 1.25 bits per heavy atom. The molecule has 0 bridgehead atoms. The Morgan fingerprint density at radius 1 is 1.25 bits per heavy atom. The minimum Gasteiger partial charge on any atom is -0.693 e. The smallest absolute Gasteiger partial charge is 0 e. The first-order chi connectivity index (χ1) is 1.00. The van der Waals surface area contributed by atoms with Crippen LogP contribution in [0.4, 0.5) is 0 Å². The third kappa shape index (κ3) is 11.6. The molecule has 0 heterocycles. The number of hydrogen-bond donors (Lipinski definition) is 0. The number of nitrogens with two attached hydrogens (primary N) is 1. The summed E-state index contributed by atoms with van der Waals surface area (Å²) in [6.45, 7) is 0. The Balaban J connectivity index is -0.00000000500. The molecule has 0 amide bonds. The second kappa shape index (κ2) is 34.2. The molecule has 1 radical (unpaired) electrons. The number of nitrogens with one attached hydrogen (secondary N) is 1. The summed E-state index contributed by atoms with van der Waals surface area (Å²) in [5, 5.41) is 0. The molecule has 4 heteroatoms. The van der Waals surface area contributed by atoms with E-state index in [2.05, 4.69) is 16.1 Å². The molecule has 0 saturated heterocycles. The van der Waals surface area contributed by atoms with Crippen molar-refractivity contribution in [3.05, 3.63) is 10.9 Å². The van der Waals surface area contributed by atoms with Gasteiger partial charge in [-0.25, -0.2) is 16.1 Å². The molecule has 0 rings (SSSR count). The molecule has 3 N–H and O–H groups in total. The van der Waals surface area contributed by atoms with E-state index in [1.807, 2.05) is 0 Å². The third-order valence-electron chi connectivity index (χ3n) is 0. The molecule has 0 aliphatic heterocycles. The van der Waals surface area contributed by atoms with Gasteiger partial charge in [0, 0.05) is 20.1 Å². The molecule has 0 aromatic heterocycles. The van der Waals surface area contributed by atoms with Gasteiger partial charge in [0.05, 0.1) is 0 Å². The first kappa shape index (κ1) is 19.7. The van der Waals surface area contributed by atoms with Gasteiger partial charge >= 0.3 is 0 Å². The molecule has 0 unspecified atom stereocenters. The second-order valence-electron chi connectivity index (χ2n) is 0. The average molecular weight is 303 g/mol. The normalized spacial score (nSPS) is 1.50. The molecule has 0 fully saturated rings. The molecular formula is H3BrIrN2-2. The van der Waals surface area contributed by atoms with Gasteiger partial charge in [0.1, 0.15) is 0 Å². The van der Waals surface area contributed by atoms with E-state index in [1.165, 1.54) is 0 Å². The van der Waals surface area contributed by atoms with Crippen LogP contribution in [0.3, 0.4) is 0 Å². The molecular weight excluding hydrogens is 300 g/mol. The van der Waals surface area contributed by atoms with Crippen LogP contribution in [0.5, 0.6) is 0 Å². The Labute approximate surface area is 47.4 Å². The maximum atomic E-state index is 5.56. The molecule has 0 atom stereocenters. The van der Waals surface area contributed by atoms with Crippen molar-refractivity contribution in [2.45, 2.75) is 0 Å². The van der Waals surface area contributed by atoms with Gasteiger partial charge in [-0.2, -0.15) is 0 Å². The summed E-state index contributed by atoms with van der Waals surface area (Å²) in [4.78, 5) is 0. The monoisotopic (exact) mass is 303 g/mol. The largest absolute Gasteiger partial charge is 0.693 e. The van der Waals surface area contributed by atoms with Crippen LogP contribution in [0.25, 0.3) is 10.9 Å². The van der Waals surface area contributed by atoms with Crippen LogP contribution in [0.1, 0.15) is 0 Å². The standard InChI is InChI=1S/BrHN.Ir.H2N/c1-2;;/h2H;;1H2/q-1;;-1. The number of rotatable bonds is 0. The first-order valence-electron chi connectivity index (χ1n) is 0.189. The van der Waals surface area contributed by atoms with E-state index in [9.17, 15) is 0 Å². The molecule has 0 spiro atoms. The van der Waals surface area contributed by atoms with Gasteiger partial charge in [0.2, 0.25) is 0 Å². The molecule has 0 aliphatic carbocycles. The summed E-state index contributed by atoms with van der Waals surface area (Å²) in [7, 11) is 0. The minimum atomic E-state index is 0. The van der Waals surface area contributed by atoms with Crippen molar-refractivity contribution >= 4 is 16.1 Å². The van der Waals surface area contributed by atoms with E-state index in [-0.39, 0.29) is 26.3 Å². The zero-order chi connectivity index (χ0) is 2.00. The predicted octanol–water partition coefficient (Wildman–Crippen LogP) is 2.06. The fourth-order valence-corrected chi connectivity index (χ4v) is 0. The summed E-state index contributed by atoms with van der Waals surface area (Å²) >= 11 is 2.19. The maximum absolute atomic E-state index is 5.56. The number of hydrogen-bond acceptors (Lipinski definition) is 0. The van der Waals surface area contributed by atoms with Crippen molar-refractivity contribution < 1.29 is 20.1 Å². The van der Waals surface area contributed by atoms with Gasteiger partial charge < -0.3 is 10.9 Å². The molecule has 0 aromatic rings. The maximum Gasteiger partial charge on any atom is 0 e. The van der Waals surface area contributed by atoms with E-state index in [0.717, 1.165) is 0 Å². The van der Waals surface area contributed by atoms with Gasteiger partial charge in [-0.1, -0.05) is 0 Å². The van der Waals surface area contributed by atoms with Crippen molar-refractivity contribution in [2.24, 2.45) is 0 Å². The van der Waals surface area contributed by atoms with Crippen LogP contribution < -0.4 is 0 Å². The first-order valence-corrected chi connectivity index (χ1v) is 0.982. The Bertz CT molecular complexity index is 6.00. The van der Waals surface area contributed by atoms with Crippen LogP contribution >= 0.6 is 16.1 Å². The predicted molar refractivity (Wildman–Crippen MR) is 18.5 cm³/mol. The van der Waals surface area contributed by atoms with Crippen LogP contribution in [0.15, 0.2) is 0 Å². The van der Waals surface area contributed by atoms with Crippen molar-refractivity contribution in [1.29, 1.82) is 0 Å². The van der Waals surface area contributed by atoms with Gasteiger partial charge in [0.15, 0.2) is 0 Å². The van der Waals surface area contributed by atoms with Crippen LogP contribution in [-0.2, 0) is 20.1 Å². The molecule has 4 heavy (non-hydrogen) atoms. The molecule has 0 saturated carbocycles. The SMILES string of the molecule is [Ir].[NH-]Br.[NH2-]. The minimum absolute atomic E-state index is 0. The Hall–Kier alpha value is 1.05. The molecule has 0 aliphatic rings. The fourth-order valence-electron chi connectivity index (χ4n) is 0. The summed E-state index contributed by atoms with van der Waals surface area (Å²) < 4.78 is 5.56. The van der Waals surface area contributed by atoms with E-state index in [1.54, 1.807) is 0 Å². The summed E-state index contributed by atoms with van der Waals surface area (Å²) in [5.74, 6) is 0. The van der Waals surface area contributed by atoms with Crippen molar-refractivity contribution in [3.63, 3.8) is 0 Å². The zero-order valence-corrected chi connectivity index (χ0v) is 5.77. The Kier molecular flexibility index (Phi) is 169. The zero-order valence-electron chi connectivity index (χ0n) is 1.79. The van der Waals surface area contributed by atoms with Crippen LogP contribution in [0.2, 0.25) is 0 Å². The summed E-state index contributed by atoms with van der Waals surface area (Å²) in [5.41, 5.74) is 0. The average Bonchev–Trinajstić information content (AvgIpc) is 1.00. The quantitative estimate of drug-likeness (QED) is 0.658. The van der Waals surface area contributed by atoms with Gasteiger partial charge in [-0.15, -0.1) is 0 Å². The second-order valence-corrected chi connectivity index (χ2v) is 0. The van der Waals surface area contributed by atoms with Crippen LogP contribution in [0, 0.1) is 0 Å². The molecule has 31 valence electrons. The van der Waals surface area contributed by atoms with Crippen LogP contribution in [-0.4, -0.2) is 0 Å². The van der Waals surface area contributed by atoms with Crippen molar-refractivity contribution in [3.8, 4) is 0 Å². The molecule has 2 nitrogen and oxygen atoms in total. The van der Waals surface area contributed by atoms with Gasteiger partial charge in [0.25, 0.3) is 0 Å². The Morgan fingerprint density at radius 2 is 1.25 bits per heavy atom. The van der Waals surface area contributed by atoms with Gasteiger partial charge in [-0.05, 0) is 0 Å². The third-order valence-corrected chi connectivity index (χ3v) is 0.